The number of cyclic esters (lactones) is 1. The Labute approximate surface area is 559 Å². The number of esters is 1. The average Bonchev–Trinajstić information content (AvgIpc) is 1.42. The first-order valence-corrected chi connectivity index (χ1v) is 35.3. The van der Waals surface area contributed by atoms with Gasteiger partial charge in [0.2, 0.25) is 0 Å². The number of Topliss-reactive ketones (excluding diaryl/α,β-unsaturated/α-hetero) is 1. The number of hydrogen-bond acceptors (Lipinski definition) is 32. The van der Waals surface area contributed by atoms with Gasteiger partial charge in [-0.3, -0.25) is 9.59 Å². The summed E-state index contributed by atoms with van der Waals surface area (Å²) in [5, 5.41) is 107. The molecule has 5 aliphatic rings. The van der Waals surface area contributed by atoms with Crippen LogP contribution in [0.4, 0.5) is 4.79 Å². The Morgan fingerprint density at radius 2 is 1.37 bits per heavy atom. The number of rotatable bonds is 30. The van der Waals surface area contributed by atoms with Crippen LogP contribution in [0.5, 0.6) is 0 Å². The summed E-state index contributed by atoms with van der Waals surface area (Å²) in [5.74, 6) is -0.971. The average molecular weight is 1400 g/mol. The number of aliphatic hydroxyl groups excluding tert-OH is 9. The van der Waals surface area contributed by atoms with E-state index in [4.69, 9.17) is 66.3 Å². The molecule has 0 saturated carbocycles. The monoisotopic (exact) mass is 1400 g/mol. The lowest BCUT2D eigenvalue weighted by Crippen LogP contribution is -2.66. The molecule has 0 amide bonds. The molecule has 0 spiro atoms. The van der Waals surface area contributed by atoms with E-state index >= 15 is 0 Å². The van der Waals surface area contributed by atoms with E-state index in [1.54, 1.807) is 42.4 Å². The maximum Gasteiger partial charge on any atom is 0.508 e. The van der Waals surface area contributed by atoms with Crippen LogP contribution in [0.15, 0.2) is 17.2 Å². The Bertz CT molecular complexity index is 2660. The first kappa shape index (κ1) is 78.2. The quantitative estimate of drug-likeness (QED) is 0.0231. The summed E-state index contributed by atoms with van der Waals surface area (Å²) in [5.41, 5.74) is 0.385. The van der Waals surface area contributed by atoms with Gasteiger partial charge in [0, 0.05) is 23.3 Å². The number of aliphatic hydroxyl groups is 9. The Morgan fingerprint density at radius 1 is 0.755 bits per heavy atom. The zero-order valence-electron chi connectivity index (χ0n) is 54.8. The standard InChI is InChI=1S/C61H98N4O26S3/c1-32-11-10-12-61(9)43(91-61)26-40(33(2)25-38-31-92-37(6)62-38)86-44(68)27-42(67)60(7,8)55(76)34(3)52(32)90-59(77)83-22-24-94-93-23-21-81-30-39-28-65(64-63-39)13-14-78-15-16-79-17-18-80-19-20-82-58-54(89-57-50(74)48(72)46(70)36(5)85-57)51(75)53(41(29-66)87-58)88-56-49(73)47(71)45(69)35(4)84-56/h25,28,31-32,34-36,40-43,45-54,56-58,66-67,69-75H,10-24,26-27,29-30H2,1-9H3/b33-25+/t32-,34+,35-,36-,40-,41+,42-,43-,45-,46-,47+,48+,49+,50+,51-,52-,53+,54+,56-,57-,58+,61+/m0/s1. The van der Waals surface area contributed by atoms with Crippen molar-refractivity contribution < 1.29 is 127 Å². The number of hydrogen-bond donors (Lipinski definition) is 9. The van der Waals surface area contributed by atoms with E-state index < -0.39 is 153 Å². The third-order valence-electron chi connectivity index (χ3n) is 17.4. The van der Waals surface area contributed by atoms with E-state index in [0.717, 1.165) is 22.7 Å². The number of thiazole rings is 1. The summed E-state index contributed by atoms with van der Waals surface area (Å²) in [4.78, 5) is 45.3. The summed E-state index contributed by atoms with van der Waals surface area (Å²) in [6.45, 7) is 17.1. The second kappa shape index (κ2) is 37.3. The van der Waals surface area contributed by atoms with Crippen molar-refractivity contribution in [3.05, 3.63) is 33.5 Å². The van der Waals surface area contributed by atoms with E-state index in [-0.39, 0.29) is 64.1 Å². The number of aryl methyl sites for hydroxylation is 1. The Kier molecular flexibility index (Phi) is 31.0. The van der Waals surface area contributed by atoms with E-state index in [1.165, 1.54) is 36.0 Å². The topological polar surface area (TPSA) is 409 Å². The molecule has 0 radical (unpaired) electrons. The van der Waals surface area contributed by atoms with Gasteiger partial charge in [-0.2, -0.15) is 0 Å². The van der Waals surface area contributed by atoms with Crippen molar-refractivity contribution in [2.75, 3.05) is 77.6 Å². The molecule has 7 heterocycles. The van der Waals surface area contributed by atoms with Crippen LogP contribution in [0.3, 0.4) is 0 Å². The first-order chi connectivity index (χ1) is 44.7. The van der Waals surface area contributed by atoms with E-state index in [2.05, 4.69) is 15.3 Å². The molecule has 33 heteroatoms. The Hall–Kier alpha value is -3.18. The van der Waals surface area contributed by atoms with Crippen LogP contribution in [0.2, 0.25) is 0 Å². The molecule has 0 aliphatic carbocycles. The molecule has 94 heavy (non-hydrogen) atoms. The second-order valence-corrected chi connectivity index (χ2v) is 28.9. The molecule has 5 aliphatic heterocycles. The van der Waals surface area contributed by atoms with Crippen molar-refractivity contribution in [2.24, 2.45) is 17.3 Å². The van der Waals surface area contributed by atoms with Crippen LogP contribution >= 0.6 is 32.9 Å². The van der Waals surface area contributed by atoms with Gasteiger partial charge in [0.15, 0.2) is 18.9 Å². The molecule has 0 unspecified atom stereocenters. The molecule has 2 aromatic heterocycles. The van der Waals surface area contributed by atoms with Crippen LogP contribution in [0.1, 0.15) is 104 Å². The van der Waals surface area contributed by atoms with Crippen LogP contribution in [0, 0.1) is 24.2 Å². The van der Waals surface area contributed by atoms with Gasteiger partial charge in [-0.15, -0.1) is 16.4 Å². The predicted octanol–water partition coefficient (Wildman–Crippen LogP) is 1.40. The maximum absolute atomic E-state index is 14.2. The van der Waals surface area contributed by atoms with Crippen molar-refractivity contribution in [3.63, 3.8) is 0 Å². The Balaban J connectivity index is 0.727. The summed E-state index contributed by atoms with van der Waals surface area (Å²) in [7, 11) is 3.05. The normalized spacial score (nSPS) is 36.2. The van der Waals surface area contributed by atoms with Gasteiger partial charge >= 0.3 is 12.1 Å². The van der Waals surface area contributed by atoms with Crippen LogP contribution < -0.4 is 0 Å². The minimum Gasteiger partial charge on any atom is -0.458 e. The minimum atomic E-state index is -1.77. The molecule has 22 atom stereocenters. The van der Waals surface area contributed by atoms with E-state index in [0.29, 0.717) is 62.8 Å². The number of carbonyl (C=O) groups is 3. The molecular weight excluding hydrogens is 1300 g/mol. The lowest BCUT2D eigenvalue weighted by atomic mass is 9.73. The van der Waals surface area contributed by atoms with E-state index in [1.807, 2.05) is 39.2 Å². The highest BCUT2D eigenvalue weighted by molar-refractivity contribution is 8.76. The molecule has 2 aromatic rings. The number of aromatic nitrogens is 4. The largest absolute Gasteiger partial charge is 0.508 e. The summed E-state index contributed by atoms with van der Waals surface area (Å²) < 4.78 is 82.6. The van der Waals surface area contributed by atoms with Gasteiger partial charge in [0.05, 0.1) is 137 Å². The minimum absolute atomic E-state index is 0.0118. The molecule has 9 N–H and O–H groups in total. The predicted molar refractivity (Wildman–Crippen MR) is 335 cm³/mol. The lowest BCUT2D eigenvalue weighted by molar-refractivity contribution is -0.385. The fourth-order valence-corrected chi connectivity index (χ4v) is 13.7. The number of epoxide rings is 1. The summed E-state index contributed by atoms with van der Waals surface area (Å²) >= 11 is 1.53. The van der Waals surface area contributed by atoms with Gasteiger partial charge in [0.1, 0.15) is 91.3 Å². The number of carbonyl (C=O) groups excluding carboxylic acids is 3. The van der Waals surface area contributed by atoms with Gasteiger partial charge in [-0.05, 0) is 65.0 Å². The highest BCUT2D eigenvalue weighted by atomic mass is 33.1. The van der Waals surface area contributed by atoms with Crippen molar-refractivity contribution in [2.45, 2.75) is 230 Å². The van der Waals surface area contributed by atoms with Crippen LogP contribution in [0.25, 0.3) is 6.08 Å². The summed E-state index contributed by atoms with van der Waals surface area (Å²) in [6.07, 6.45) is -20.7. The highest BCUT2D eigenvalue weighted by Gasteiger charge is 2.55. The van der Waals surface area contributed by atoms with Crippen molar-refractivity contribution in [1.29, 1.82) is 0 Å². The van der Waals surface area contributed by atoms with Gasteiger partial charge < -0.3 is 112 Å². The zero-order chi connectivity index (χ0) is 68.4. The van der Waals surface area contributed by atoms with Gasteiger partial charge in [-0.1, -0.05) is 60.9 Å². The van der Waals surface area contributed by atoms with Crippen LogP contribution in [-0.2, 0) is 89.1 Å². The van der Waals surface area contributed by atoms with Crippen molar-refractivity contribution in [3.8, 4) is 0 Å². The lowest BCUT2D eigenvalue weighted by Gasteiger charge is -2.48. The maximum atomic E-state index is 14.2. The molecule has 30 nitrogen and oxygen atoms in total. The zero-order valence-corrected chi connectivity index (χ0v) is 57.2. The van der Waals surface area contributed by atoms with Gasteiger partial charge in [0.25, 0.3) is 0 Å². The third-order valence-corrected chi connectivity index (χ3v) is 20.6. The molecular formula is C61H98N4O26S3. The molecule has 536 valence electrons. The number of fused-ring (bicyclic) bond motifs is 1. The van der Waals surface area contributed by atoms with Crippen LogP contribution in [-0.4, -0.2) is 284 Å². The number of nitrogens with zero attached hydrogens (tertiary/aromatic N) is 4. The molecule has 5 fully saturated rings. The first-order valence-electron chi connectivity index (χ1n) is 32.0. The second-order valence-electron chi connectivity index (χ2n) is 25.1. The smallest absolute Gasteiger partial charge is 0.458 e. The number of ketones is 1. The summed E-state index contributed by atoms with van der Waals surface area (Å²) in [6, 6.07) is 0. The van der Waals surface area contributed by atoms with Crippen molar-refractivity contribution >= 4 is 56.9 Å². The van der Waals surface area contributed by atoms with Crippen molar-refractivity contribution in [1.82, 2.24) is 20.0 Å². The molecule has 0 aromatic carbocycles. The van der Waals surface area contributed by atoms with E-state index in [9.17, 15) is 60.3 Å². The molecule has 0 bridgehead atoms. The fourth-order valence-electron chi connectivity index (χ4n) is 11.5. The highest BCUT2D eigenvalue weighted by Crippen LogP contribution is 2.45. The fraction of sp³-hybridized carbons (Fsp3) is 0.836. The Morgan fingerprint density at radius 3 is 2.00 bits per heavy atom. The molecule has 5 saturated heterocycles. The number of ether oxygens (including phenoxy) is 14. The third kappa shape index (κ3) is 22.2. The SMILES string of the molecule is C/C(=C\c1csc(C)n1)[C@@H]1C[C@@H]2O[C@]2(C)CCC[C@H](C)[C@H](OC(=O)OCCSSCCOCc2cn(CCOCCOCCOCCO[C@@H]3O[C@H](CO)[C@@H](O[C@@H]4O[C@@H](C)[C@H](O)[C@@H](O)[C@H]4O)[C@H](O)[C@H]3O[C@@H]3O[C@@H](C)[C@H](O)[C@@H](O)[C@H]3O)nn2)[C@@H](C)C(=O)C(C)(C)[C@@H](O)CC(=O)O1. The molecule has 7 rings (SSSR count). The van der Waals surface area contributed by atoms with Gasteiger partial charge in [-0.25, -0.2) is 14.5 Å².